The quantitative estimate of drug-likeness (QED) is 0.684. The maximum Gasteiger partial charge on any atom is 0.574 e. The molecule has 3 rings (SSSR count). The molecule has 0 aliphatic heterocycles. The highest BCUT2D eigenvalue weighted by molar-refractivity contribution is 5.62. The van der Waals surface area contributed by atoms with Gasteiger partial charge in [-0.05, 0) is 47.1 Å². The Morgan fingerprint density at radius 1 is 1.19 bits per heavy atom. The van der Waals surface area contributed by atoms with Gasteiger partial charge in [-0.2, -0.15) is 0 Å². The van der Waals surface area contributed by atoms with Gasteiger partial charge in [0, 0.05) is 11.8 Å². The fourth-order valence-corrected chi connectivity index (χ4v) is 2.09. The zero-order valence-corrected chi connectivity index (χ0v) is 13.6. The maximum atomic E-state index is 12.3. The van der Waals surface area contributed by atoms with Crippen LogP contribution in [0.25, 0.3) is 23.7 Å². The average Bonchev–Trinajstić information content (AvgIpc) is 3.20. The van der Waals surface area contributed by atoms with Crippen molar-refractivity contribution < 1.29 is 27.3 Å². The number of halogens is 3. The molecule has 0 amide bonds. The molecule has 0 atom stereocenters. The summed E-state index contributed by atoms with van der Waals surface area (Å²) in [6.07, 6.45) is -0.969. The second-order valence-corrected chi connectivity index (χ2v) is 5.11. The van der Waals surface area contributed by atoms with Crippen molar-refractivity contribution in [3.63, 3.8) is 0 Å². The molecular formula is C15H12F3N5O3. The van der Waals surface area contributed by atoms with Gasteiger partial charge >= 0.3 is 6.36 Å². The summed E-state index contributed by atoms with van der Waals surface area (Å²) in [6, 6.07) is 5.51. The summed E-state index contributed by atoms with van der Waals surface area (Å²) in [5.41, 5.74) is 1.46. The minimum absolute atomic E-state index is 0.239. The van der Waals surface area contributed by atoms with Crippen LogP contribution in [-0.4, -0.2) is 38.5 Å². The van der Waals surface area contributed by atoms with Gasteiger partial charge in [-0.25, -0.2) is 14.3 Å². The standard InChI is InChI=1S/C15H12F3N5O3/c1-9-5-10(7-11(6-9)24-2)13-19-8-23(20-13)4-3-12-14(22-26-21-12)25-15(16,17)18/h3-8H,1-2H3/b4-3-. The SMILES string of the molecule is COc1cc(C)cc(-c2ncn(/C=C\c3nonc3OC(F)(F)F)n2)c1. The van der Waals surface area contributed by atoms with Crippen LogP contribution in [0.15, 0.2) is 29.2 Å². The molecule has 0 spiro atoms. The molecule has 1 aromatic carbocycles. The molecule has 0 radical (unpaired) electrons. The van der Waals surface area contributed by atoms with E-state index in [1.165, 1.54) is 23.3 Å². The summed E-state index contributed by atoms with van der Waals surface area (Å²) in [4.78, 5) is 4.16. The molecule has 0 bridgehead atoms. The van der Waals surface area contributed by atoms with E-state index in [9.17, 15) is 13.2 Å². The van der Waals surface area contributed by atoms with Gasteiger partial charge in [0.15, 0.2) is 11.5 Å². The van der Waals surface area contributed by atoms with Crippen LogP contribution in [0.2, 0.25) is 0 Å². The Labute approximate surface area is 144 Å². The Morgan fingerprint density at radius 3 is 2.73 bits per heavy atom. The first kappa shape index (κ1) is 17.5. The maximum absolute atomic E-state index is 12.3. The van der Waals surface area contributed by atoms with Crippen LogP contribution < -0.4 is 9.47 Å². The molecule has 0 saturated heterocycles. The van der Waals surface area contributed by atoms with Crippen LogP contribution in [0.1, 0.15) is 11.3 Å². The predicted octanol–water partition coefficient (Wildman–Crippen LogP) is 3.17. The number of nitrogens with zero attached hydrogens (tertiary/aromatic N) is 5. The molecule has 11 heteroatoms. The molecule has 2 heterocycles. The van der Waals surface area contributed by atoms with Crippen LogP contribution in [0.4, 0.5) is 13.2 Å². The van der Waals surface area contributed by atoms with Gasteiger partial charge in [0.2, 0.25) is 0 Å². The molecule has 0 unspecified atom stereocenters. The molecule has 2 aromatic heterocycles. The molecule has 0 aliphatic rings. The molecule has 0 fully saturated rings. The van der Waals surface area contributed by atoms with Crippen molar-refractivity contribution in [2.45, 2.75) is 13.3 Å². The second-order valence-electron chi connectivity index (χ2n) is 5.11. The number of alkyl halides is 3. The number of hydrogen-bond acceptors (Lipinski definition) is 7. The van der Waals surface area contributed by atoms with E-state index in [1.807, 2.05) is 19.1 Å². The average molecular weight is 367 g/mol. The molecule has 0 aliphatic carbocycles. The highest BCUT2D eigenvalue weighted by Crippen LogP contribution is 2.25. The molecule has 26 heavy (non-hydrogen) atoms. The summed E-state index contributed by atoms with van der Waals surface area (Å²) in [7, 11) is 1.56. The zero-order chi connectivity index (χ0) is 18.7. The fraction of sp³-hybridized carbons (Fsp3) is 0.200. The summed E-state index contributed by atoms with van der Waals surface area (Å²) >= 11 is 0. The molecule has 136 valence electrons. The number of aromatic nitrogens is 5. The van der Waals surface area contributed by atoms with Gasteiger partial charge < -0.3 is 9.47 Å². The third-order valence-electron chi connectivity index (χ3n) is 3.13. The van der Waals surface area contributed by atoms with Crippen LogP contribution in [0.3, 0.4) is 0 Å². The topological polar surface area (TPSA) is 88.1 Å². The van der Waals surface area contributed by atoms with Gasteiger partial charge in [0.1, 0.15) is 12.1 Å². The van der Waals surface area contributed by atoms with E-state index < -0.39 is 12.2 Å². The van der Waals surface area contributed by atoms with Crippen molar-refractivity contribution in [3.05, 3.63) is 35.8 Å². The van der Waals surface area contributed by atoms with E-state index in [-0.39, 0.29) is 5.69 Å². The highest BCUT2D eigenvalue weighted by Gasteiger charge is 2.34. The second kappa shape index (κ2) is 6.86. The van der Waals surface area contributed by atoms with Crippen LogP contribution in [0.5, 0.6) is 11.6 Å². The van der Waals surface area contributed by atoms with Crippen molar-refractivity contribution in [2.24, 2.45) is 0 Å². The largest absolute Gasteiger partial charge is 0.574 e. The first-order chi connectivity index (χ1) is 12.3. The number of hydrogen-bond donors (Lipinski definition) is 0. The van der Waals surface area contributed by atoms with Gasteiger partial charge in [-0.3, -0.25) is 0 Å². The molecular weight excluding hydrogens is 355 g/mol. The first-order valence-corrected chi connectivity index (χ1v) is 7.18. The van der Waals surface area contributed by atoms with Gasteiger partial charge in [-0.15, -0.1) is 18.3 Å². The van der Waals surface area contributed by atoms with Crippen molar-refractivity contribution >= 4 is 12.3 Å². The van der Waals surface area contributed by atoms with Gasteiger partial charge in [0.25, 0.3) is 5.88 Å². The van der Waals surface area contributed by atoms with E-state index in [0.29, 0.717) is 11.6 Å². The Hall–Kier alpha value is -3.37. The van der Waals surface area contributed by atoms with E-state index in [0.717, 1.165) is 11.1 Å². The number of methoxy groups -OCH3 is 1. The molecule has 3 aromatic rings. The smallest absolute Gasteiger partial charge is 0.497 e. The summed E-state index contributed by atoms with van der Waals surface area (Å²) in [5.74, 6) is 0.286. The van der Waals surface area contributed by atoms with Crippen molar-refractivity contribution in [2.75, 3.05) is 7.11 Å². The first-order valence-electron chi connectivity index (χ1n) is 7.18. The van der Waals surface area contributed by atoms with Crippen LogP contribution in [0, 0.1) is 6.92 Å². The molecule has 0 N–H and O–H groups in total. The minimum atomic E-state index is -4.90. The third kappa shape index (κ3) is 4.18. The van der Waals surface area contributed by atoms with Crippen LogP contribution >= 0.6 is 0 Å². The lowest BCUT2D eigenvalue weighted by Gasteiger charge is -2.04. The van der Waals surface area contributed by atoms with E-state index >= 15 is 0 Å². The van der Waals surface area contributed by atoms with E-state index in [1.54, 1.807) is 13.2 Å². The normalized spacial score (nSPS) is 11.9. The highest BCUT2D eigenvalue weighted by atomic mass is 19.4. The van der Waals surface area contributed by atoms with Crippen LogP contribution in [-0.2, 0) is 0 Å². The predicted molar refractivity (Wildman–Crippen MR) is 83.0 cm³/mol. The summed E-state index contributed by atoms with van der Waals surface area (Å²) < 4.78 is 51.2. The Morgan fingerprint density at radius 2 is 2.00 bits per heavy atom. The van der Waals surface area contributed by atoms with Crippen molar-refractivity contribution in [1.29, 1.82) is 0 Å². The number of ether oxygens (including phenoxy) is 2. The molecule has 8 nitrogen and oxygen atoms in total. The Kier molecular flexibility index (Phi) is 4.61. The minimum Gasteiger partial charge on any atom is -0.497 e. The zero-order valence-electron chi connectivity index (χ0n) is 13.6. The van der Waals surface area contributed by atoms with E-state index in [4.69, 9.17) is 4.74 Å². The van der Waals surface area contributed by atoms with Gasteiger partial charge in [0.05, 0.1) is 7.11 Å². The van der Waals surface area contributed by atoms with Crippen molar-refractivity contribution in [1.82, 2.24) is 25.1 Å². The Bertz CT molecular complexity index is 933. The molecule has 0 saturated carbocycles. The lowest BCUT2D eigenvalue weighted by Crippen LogP contribution is -2.17. The monoisotopic (exact) mass is 367 g/mol. The Balaban J connectivity index is 1.80. The fourth-order valence-electron chi connectivity index (χ4n) is 2.09. The summed E-state index contributed by atoms with van der Waals surface area (Å²) in [5, 5.41) is 10.6. The number of aryl methyl sites for hydroxylation is 1. The lowest BCUT2D eigenvalue weighted by atomic mass is 10.1. The van der Waals surface area contributed by atoms with Crippen molar-refractivity contribution in [3.8, 4) is 23.0 Å². The van der Waals surface area contributed by atoms with Gasteiger partial charge in [-0.1, -0.05) is 0 Å². The van der Waals surface area contributed by atoms with E-state index in [2.05, 4.69) is 29.8 Å². The third-order valence-corrected chi connectivity index (χ3v) is 3.13. The number of benzene rings is 1. The summed E-state index contributed by atoms with van der Waals surface area (Å²) in [6.45, 7) is 1.91. The number of rotatable bonds is 5. The lowest BCUT2D eigenvalue weighted by molar-refractivity contribution is -0.276.